The van der Waals surface area contributed by atoms with Crippen LogP contribution in [0, 0.1) is 5.92 Å². The second kappa shape index (κ2) is 12.8. The number of carbonyl (C=O) groups excluding carboxylic acids is 2. The molecule has 0 unspecified atom stereocenters. The van der Waals surface area contributed by atoms with Crippen LogP contribution in [0.4, 0.5) is 0 Å². The van der Waals surface area contributed by atoms with Gasteiger partial charge in [-0.25, -0.2) is 0 Å². The van der Waals surface area contributed by atoms with Gasteiger partial charge in [0.05, 0.1) is 13.7 Å². The number of nitrogens with one attached hydrogen (secondary N) is 1. The summed E-state index contributed by atoms with van der Waals surface area (Å²) in [6, 6.07) is 4.81. The van der Waals surface area contributed by atoms with E-state index in [9.17, 15) is 9.59 Å². The topological polar surface area (TPSA) is 67.9 Å². The minimum Gasteiger partial charge on any atom is -0.493 e. The van der Waals surface area contributed by atoms with Gasteiger partial charge in [-0.1, -0.05) is 26.8 Å². The quantitative estimate of drug-likeness (QED) is 0.494. The summed E-state index contributed by atoms with van der Waals surface area (Å²) in [7, 11) is 1.57. The Balaban J connectivity index is 2.36. The summed E-state index contributed by atoms with van der Waals surface area (Å²) in [5.41, 5.74) is 0.689. The molecule has 31 heavy (non-hydrogen) atoms. The standard InChI is InChI=1S/C24H37ClN2O4/c1-5-13-27(22(28)16-25)23(24(29)26-19-10-7-17(3)8-11-19)18-9-12-20(31-14-6-2)21(15-18)30-4/h9,12,15,17,19,23H,5-8,10-11,13-14,16H2,1-4H3,(H,26,29)/t17?,19?,23-/m0/s1. The third-order valence-electron chi connectivity index (χ3n) is 5.79. The van der Waals surface area contributed by atoms with Gasteiger partial charge in [0, 0.05) is 12.6 Å². The molecule has 0 aliphatic heterocycles. The number of alkyl halides is 1. The summed E-state index contributed by atoms with van der Waals surface area (Å²) in [5, 5.41) is 3.19. The Kier molecular flexibility index (Phi) is 10.4. The monoisotopic (exact) mass is 452 g/mol. The zero-order valence-electron chi connectivity index (χ0n) is 19.3. The van der Waals surface area contributed by atoms with Crippen LogP contribution in [0.25, 0.3) is 0 Å². The van der Waals surface area contributed by atoms with Gasteiger partial charge in [-0.05, 0) is 62.1 Å². The van der Waals surface area contributed by atoms with Crippen LogP contribution >= 0.6 is 11.6 Å². The van der Waals surface area contributed by atoms with Crippen molar-refractivity contribution < 1.29 is 19.1 Å². The summed E-state index contributed by atoms with van der Waals surface area (Å²) in [6.07, 6.45) is 5.74. The molecule has 0 bridgehead atoms. The molecule has 1 N–H and O–H groups in total. The van der Waals surface area contributed by atoms with Crippen LogP contribution in [0.15, 0.2) is 18.2 Å². The zero-order valence-corrected chi connectivity index (χ0v) is 20.0. The number of hydrogen-bond donors (Lipinski definition) is 1. The number of rotatable bonds is 11. The second-order valence-corrected chi connectivity index (χ2v) is 8.61. The van der Waals surface area contributed by atoms with Crippen molar-refractivity contribution in [3.63, 3.8) is 0 Å². The van der Waals surface area contributed by atoms with E-state index in [1.807, 2.05) is 26.0 Å². The first-order valence-corrected chi connectivity index (χ1v) is 11.9. The number of amides is 2. The van der Waals surface area contributed by atoms with Gasteiger partial charge >= 0.3 is 0 Å². The fourth-order valence-corrected chi connectivity index (χ4v) is 4.21. The molecule has 0 spiro atoms. The first-order valence-electron chi connectivity index (χ1n) is 11.4. The maximum Gasteiger partial charge on any atom is 0.247 e. The first-order chi connectivity index (χ1) is 14.9. The van der Waals surface area contributed by atoms with Gasteiger partial charge in [-0.15, -0.1) is 11.6 Å². The van der Waals surface area contributed by atoms with Gasteiger partial charge < -0.3 is 19.7 Å². The summed E-state index contributed by atoms with van der Waals surface area (Å²) in [6.45, 7) is 7.29. The summed E-state index contributed by atoms with van der Waals surface area (Å²) in [4.78, 5) is 27.7. The molecule has 1 aliphatic rings. The summed E-state index contributed by atoms with van der Waals surface area (Å²) in [5.74, 6) is 1.27. The predicted octanol–water partition coefficient (Wildman–Crippen LogP) is 4.70. The third-order valence-corrected chi connectivity index (χ3v) is 6.02. The number of methoxy groups -OCH3 is 1. The zero-order chi connectivity index (χ0) is 22.8. The van der Waals surface area contributed by atoms with Crippen LogP contribution in [0.2, 0.25) is 0 Å². The maximum atomic E-state index is 13.5. The van der Waals surface area contributed by atoms with E-state index in [0.717, 1.165) is 38.5 Å². The molecule has 1 aromatic carbocycles. The number of hydrogen-bond acceptors (Lipinski definition) is 4. The molecule has 2 amide bonds. The third kappa shape index (κ3) is 7.03. The molecular weight excluding hydrogens is 416 g/mol. The minimum atomic E-state index is -0.764. The molecule has 1 atom stereocenters. The number of ether oxygens (including phenoxy) is 2. The summed E-state index contributed by atoms with van der Waals surface area (Å²) < 4.78 is 11.3. The van der Waals surface area contributed by atoms with E-state index < -0.39 is 6.04 Å². The normalized spacial score (nSPS) is 19.4. The second-order valence-electron chi connectivity index (χ2n) is 8.35. The van der Waals surface area contributed by atoms with Crippen molar-refractivity contribution in [3.05, 3.63) is 23.8 Å². The molecule has 7 heteroatoms. The van der Waals surface area contributed by atoms with Gasteiger partial charge in [0.1, 0.15) is 11.9 Å². The fraction of sp³-hybridized carbons (Fsp3) is 0.667. The SMILES string of the molecule is CCCOc1ccc([C@@H](C(=O)NC2CCC(C)CC2)N(CCC)C(=O)CCl)cc1OC. The number of nitrogens with zero attached hydrogens (tertiary/aromatic N) is 1. The van der Waals surface area contributed by atoms with E-state index in [2.05, 4.69) is 12.2 Å². The van der Waals surface area contributed by atoms with Gasteiger partial charge in [0.15, 0.2) is 11.5 Å². The van der Waals surface area contributed by atoms with Crippen LogP contribution in [0.3, 0.4) is 0 Å². The van der Waals surface area contributed by atoms with Crippen molar-refractivity contribution in [2.45, 2.75) is 71.4 Å². The van der Waals surface area contributed by atoms with E-state index in [0.29, 0.717) is 36.1 Å². The van der Waals surface area contributed by atoms with Crippen LogP contribution in [-0.2, 0) is 9.59 Å². The highest BCUT2D eigenvalue weighted by Crippen LogP contribution is 2.33. The van der Waals surface area contributed by atoms with Gasteiger partial charge in [-0.3, -0.25) is 9.59 Å². The molecule has 1 aliphatic carbocycles. The number of carbonyl (C=O) groups is 2. The average Bonchev–Trinajstić information content (AvgIpc) is 2.78. The lowest BCUT2D eigenvalue weighted by atomic mass is 9.87. The lowest BCUT2D eigenvalue weighted by molar-refractivity contribution is -0.139. The Morgan fingerprint density at radius 3 is 2.45 bits per heavy atom. The van der Waals surface area contributed by atoms with Crippen LogP contribution in [0.1, 0.15) is 70.9 Å². The van der Waals surface area contributed by atoms with E-state index in [4.69, 9.17) is 21.1 Å². The molecule has 0 heterocycles. The Morgan fingerprint density at radius 1 is 1.16 bits per heavy atom. The van der Waals surface area contributed by atoms with Gasteiger partial charge in [0.25, 0.3) is 0 Å². The van der Waals surface area contributed by atoms with Crippen LogP contribution in [-0.4, -0.2) is 48.9 Å². The Morgan fingerprint density at radius 2 is 1.87 bits per heavy atom. The van der Waals surface area contributed by atoms with E-state index >= 15 is 0 Å². The smallest absolute Gasteiger partial charge is 0.247 e. The van der Waals surface area contributed by atoms with E-state index in [-0.39, 0.29) is 23.7 Å². The average molecular weight is 453 g/mol. The van der Waals surface area contributed by atoms with Crippen molar-refractivity contribution in [2.24, 2.45) is 5.92 Å². The Labute approximate surface area is 191 Å². The van der Waals surface area contributed by atoms with Gasteiger partial charge in [0.2, 0.25) is 11.8 Å². The first kappa shape index (κ1) is 25.3. The fourth-order valence-electron chi connectivity index (χ4n) is 4.06. The molecule has 0 saturated heterocycles. The molecule has 6 nitrogen and oxygen atoms in total. The minimum absolute atomic E-state index is 0.134. The van der Waals surface area contributed by atoms with Crippen molar-refractivity contribution >= 4 is 23.4 Å². The highest BCUT2D eigenvalue weighted by atomic mass is 35.5. The lowest BCUT2D eigenvalue weighted by Crippen LogP contribution is -2.48. The predicted molar refractivity (Wildman–Crippen MR) is 124 cm³/mol. The van der Waals surface area contributed by atoms with Crippen LogP contribution < -0.4 is 14.8 Å². The molecule has 0 radical (unpaired) electrons. The number of benzene rings is 1. The Hall–Kier alpha value is -1.95. The molecule has 0 aromatic heterocycles. The molecule has 1 fully saturated rings. The molecule has 1 aromatic rings. The van der Waals surface area contributed by atoms with E-state index in [1.54, 1.807) is 18.1 Å². The largest absolute Gasteiger partial charge is 0.493 e. The van der Waals surface area contributed by atoms with Crippen molar-refractivity contribution in [1.29, 1.82) is 0 Å². The van der Waals surface area contributed by atoms with Crippen molar-refractivity contribution in [1.82, 2.24) is 10.2 Å². The van der Waals surface area contributed by atoms with Crippen molar-refractivity contribution in [3.8, 4) is 11.5 Å². The maximum absolute atomic E-state index is 13.5. The highest BCUT2D eigenvalue weighted by molar-refractivity contribution is 6.27. The highest BCUT2D eigenvalue weighted by Gasteiger charge is 2.33. The lowest BCUT2D eigenvalue weighted by Gasteiger charge is -2.34. The van der Waals surface area contributed by atoms with Gasteiger partial charge in [-0.2, -0.15) is 0 Å². The van der Waals surface area contributed by atoms with Crippen molar-refractivity contribution in [2.75, 3.05) is 26.1 Å². The van der Waals surface area contributed by atoms with E-state index in [1.165, 1.54) is 0 Å². The van der Waals surface area contributed by atoms with Crippen LogP contribution in [0.5, 0.6) is 11.5 Å². The molecule has 2 rings (SSSR count). The summed E-state index contributed by atoms with van der Waals surface area (Å²) >= 11 is 5.90. The molecule has 1 saturated carbocycles. The molecule has 174 valence electrons. The molecular formula is C24H37ClN2O4. The number of halogens is 1. The Bertz CT molecular complexity index is 720.